The Labute approximate surface area is 337 Å². The Hall–Kier alpha value is -3.35. The number of aliphatic hydroxyl groups excluding tert-OH is 14. The molecule has 19 unspecified atom stereocenters. The molecule has 0 spiro atoms. The summed E-state index contributed by atoms with van der Waals surface area (Å²) in [7, 11) is 0. The molecule has 17 N–H and O–H groups in total. The lowest BCUT2D eigenvalue weighted by Gasteiger charge is -2.39. The van der Waals surface area contributed by atoms with E-state index in [2.05, 4.69) is 0 Å². The van der Waals surface area contributed by atoms with Crippen molar-refractivity contribution in [1.29, 1.82) is 0 Å². The van der Waals surface area contributed by atoms with Gasteiger partial charge in [-0.05, 0) is 54.0 Å². The molecule has 0 aromatic carbocycles. The molecule has 0 amide bonds. The minimum atomic E-state index is -2.25. The second kappa shape index (κ2) is 26.8. The Bertz CT molecular complexity index is 1300. The van der Waals surface area contributed by atoms with E-state index in [0.717, 1.165) is 13.8 Å². The molecule has 3 heterocycles. The van der Waals surface area contributed by atoms with E-state index >= 15 is 0 Å². The number of rotatable bonds is 10. The number of carboxylic acid groups (broad SMARTS) is 3. The van der Waals surface area contributed by atoms with Gasteiger partial charge in [-0.3, -0.25) is 9.59 Å². The van der Waals surface area contributed by atoms with Crippen LogP contribution in [0.4, 0.5) is 0 Å². The fourth-order valence-corrected chi connectivity index (χ4v) is 4.87. The van der Waals surface area contributed by atoms with Gasteiger partial charge in [0.1, 0.15) is 79.4 Å². The van der Waals surface area contributed by atoms with Crippen LogP contribution in [0.1, 0.15) is 54.9 Å². The van der Waals surface area contributed by atoms with E-state index in [1.54, 1.807) is 20.8 Å². The second-order valence-corrected chi connectivity index (χ2v) is 13.6. The highest BCUT2D eigenvalue weighted by molar-refractivity contribution is 5.87. The zero-order valence-electron chi connectivity index (χ0n) is 33.1. The first-order valence-corrected chi connectivity index (χ1v) is 17.8. The lowest BCUT2D eigenvalue weighted by Crippen LogP contribution is -2.58. The third-order valence-electron chi connectivity index (χ3n) is 8.69. The summed E-state index contributed by atoms with van der Waals surface area (Å²) in [4.78, 5) is 51.3. The zero-order chi connectivity index (χ0) is 47.0. The molecule has 0 radical (unpaired) electrons. The van der Waals surface area contributed by atoms with Crippen molar-refractivity contribution in [2.45, 2.75) is 171 Å². The van der Waals surface area contributed by atoms with Crippen LogP contribution in [0.15, 0.2) is 11.8 Å². The summed E-state index contributed by atoms with van der Waals surface area (Å²) in [5.74, 6) is -5.66. The fourth-order valence-electron chi connectivity index (χ4n) is 4.87. The third-order valence-corrected chi connectivity index (χ3v) is 8.69. The van der Waals surface area contributed by atoms with Gasteiger partial charge in [0.15, 0.2) is 29.9 Å². The normalized spacial score (nSPS) is 34.3. The van der Waals surface area contributed by atoms with Gasteiger partial charge in [0.25, 0.3) is 0 Å². The molecule has 3 aliphatic heterocycles. The van der Waals surface area contributed by atoms with E-state index in [-0.39, 0.29) is 12.2 Å². The number of carbonyl (C=O) groups is 5. The van der Waals surface area contributed by atoms with Crippen molar-refractivity contribution in [3.63, 3.8) is 0 Å². The predicted octanol–water partition coefficient (Wildman–Crippen LogP) is -7.28. The summed E-state index contributed by atoms with van der Waals surface area (Å²) in [6.45, 7) is 10.4. The van der Waals surface area contributed by atoms with Gasteiger partial charge in [0.05, 0.1) is 24.1 Å². The van der Waals surface area contributed by atoms with Gasteiger partial charge < -0.3 is 101 Å². The number of Topliss-reactive ketones (excluding diaryl/α,β-unsaturated/α-hetero) is 2. The number of ether oxygens (including phenoxy) is 3. The molecule has 0 bridgehead atoms. The molecule has 25 heteroatoms. The largest absolute Gasteiger partial charge is 0.493 e. The van der Waals surface area contributed by atoms with E-state index in [0.29, 0.717) is 12.2 Å². The molecule has 0 aliphatic carbocycles. The van der Waals surface area contributed by atoms with E-state index in [1.165, 1.54) is 13.0 Å². The first-order valence-electron chi connectivity index (χ1n) is 17.8. The van der Waals surface area contributed by atoms with Crippen molar-refractivity contribution in [3.05, 3.63) is 11.8 Å². The van der Waals surface area contributed by atoms with Crippen LogP contribution < -0.4 is 0 Å². The summed E-state index contributed by atoms with van der Waals surface area (Å²) in [6, 6.07) is 0. The quantitative estimate of drug-likeness (QED) is 0.0969. The topological polar surface area (TPSA) is 457 Å². The van der Waals surface area contributed by atoms with Crippen LogP contribution in [0.5, 0.6) is 0 Å². The highest BCUT2D eigenvalue weighted by Crippen LogP contribution is 2.23. The highest BCUT2D eigenvalue weighted by atomic mass is 16.6. The zero-order valence-corrected chi connectivity index (χ0v) is 33.1. The van der Waals surface area contributed by atoms with Gasteiger partial charge in [-0.1, -0.05) is 6.92 Å². The summed E-state index contributed by atoms with van der Waals surface area (Å²) >= 11 is 0. The second-order valence-electron chi connectivity index (χ2n) is 13.6. The van der Waals surface area contributed by atoms with Crippen molar-refractivity contribution in [2.75, 3.05) is 0 Å². The van der Waals surface area contributed by atoms with E-state index < -0.39 is 133 Å². The number of carbonyl (C=O) groups excluding carboxylic acids is 2. The monoisotopic (exact) mass is 868 g/mol. The number of hydrogen-bond donors (Lipinski definition) is 17. The SMILES string of the molecule is CC(=O)C(O)C(O)C(=O)O.CC(=O)C(O)C(O)C(O)C(O)C(=O)O.CC1=CC(O)C(O)C(C)O1.CC1OC(C(=O)O)C(O)C(O)C1O.CCC1OC(C)C(O)C(O)C1O. The lowest BCUT2D eigenvalue weighted by atomic mass is 9.94. The molecule has 2 saturated heterocycles. The maximum absolute atomic E-state index is 10.5. The standard InChI is InChI=1S/C8H16O4.C7H12O7.C7H12O6.C7H12O3.C5H8O5/c1-3-5-7(10)8(11)6(9)4(2)12-5;1-2(8)3(9)4(10)5(11)6(12)7(13)14;1-2-3(8)4(9)5(10)6(13-2)7(11)12;1-4-3-6(8)7(9)5(2)10-4;1-2(6)3(7)4(8)5(9)10/h4-11H,3H2,1-2H3;3-6,9-12H,1H3,(H,13,14);2-6,8-10H,1H3,(H,11,12);3,5-9H,1-2H3;3-4,7-8H,1H3,(H,9,10). The fraction of sp³-hybridized carbons (Fsp3) is 0.794. The molecule has 19 atom stereocenters. The Morgan fingerprint density at radius 3 is 1.32 bits per heavy atom. The maximum atomic E-state index is 10.5. The van der Waals surface area contributed by atoms with Crippen LogP contribution in [-0.2, 0) is 38.2 Å². The lowest BCUT2D eigenvalue weighted by molar-refractivity contribution is -0.223. The Kier molecular flexibility index (Phi) is 26.2. The van der Waals surface area contributed by atoms with Crippen molar-refractivity contribution >= 4 is 29.5 Å². The van der Waals surface area contributed by atoms with Crippen molar-refractivity contribution in [2.24, 2.45) is 0 Å². The minimum absolute atomic E-state index is 0.306. The number of hydrogen-bond acceptors (Lipinski definition) is 22. The van der Waals surface area contributed by atoms with Crippen molar-refractivity contribution in [1.82, 2.24) is 0 Å². The van der Waals surface area contributed by atoms with Crippen LogP contribution >= 0.6 is 0 Å². The molecular weight excluding hydrogens is 808 g/mol. The number of carboxylic acids is 3. The Morgan fingerprint density at radius 1 is 0.559 bits per heavy atom. The third kappa shape index (κ3) is 18.4. The molecule has 59 heavy (non-hydrogen) atoms. The molecule has 0 saturated carbocycles. The van der Waals surface area contributed by atoms with E-state index in [1.807, 2.05) is 6.92 Å². The molecule has 0 aromatic rings. The first kappa shape index (κ1) is 57.7. The average Bonchev–Trinajstić information content (AvgIpc) is 3.16. The van der Waals surface area contributed by atoms with E-state index in [4.69, 9.17) is 70.4 Å². The van der Waals surface area contributed by atoms with Gasteiger partial charge >= 0.3 is 17.9 Å². The highest BCUT2D eigenvalue weighted by Gasteiger charge is 2.45. The molecule has 0 aromatic heterocycles. The predicted molar refractivity (Wildman–Crippen MR) is 192 cm³/mol. The summed E-state index contributed by atoms with van der Waals surface area (Å²) in [6.07, 6.45) is -22.3. The van der Waals surface area contributed by atoms with Crippen LogP contribution in [0, 0.1) is 0 Å². The van der Waals surface area contributed by atoms with Crippen LogP contribution in [0.2, 0.25) is 0 Å². The van der Waals surface area contributed by atoms with Gasteiger partial charge in [0, 0.05) is 0 Å². The van der Waals surface area contributed by atoms with Crippen LogP contribution in [0.3, 0.4) is 0 Å². The maximum Gasteiger partial charge on any atom is 0.335 e. The number of allylic oxidation sites excluding steroid dienone is 1. The van der Waals surface area contributed by atoms with Crippen molar-refractivity contribution in [3.8, 4) is 0 Å². The van der Waals surface area contributed by atoms with Gasteiger partial charge in [-0.15, -0.1) is 0 Å². The summed E-state index contributed by atoms with van der Waals surface area (Å²) in [5, 5.41) is 151. The van der Waals surface area contributed by atoms with E-state index in [9.17, 15) is 54.6 Å². The molecule has 2 fully saturated rings. The van der Waals surface area contributed by atoms with Gasteiger partial charge in [-0.25, -0.2) is 14.4 Å². The molecule has 3 aliphatic rings. The van der Waals surface area contributed by atoms with Crippen LogP contribution in [-0.4, -0.2) is 232 Å². The average molecular weight is 869 g/mol. The number of ketones is 2. The molecule has 25 nitrogen and oxygen atoms in total. The summed E-state index contributed by atoms with van der Waals surface area (Å²) < 4.78 is 15.2. The smallest absolute Gasteiger partial charge is 0.335 e. The Morgan fingerprint density at radius 2 is 0.966 bits per heavy atom. The van der Waals surface area contributed by atoms with Gasteiger partial charge in [-0.2, -0.15) is 0 Å². The minimum Gasteiger partial charge on any atom is -0.493 e. The number of aliphatic hydroxyl groups is 14. The number of aliphatic carboxylic acids is 3. The van der Waals surface area contributed by atoms with Gasteiger partial charge in [0.2, 0.25) is 0 Å². The van der Waals surface area contributed by atoms with Crippen molar-refractivity contribution < 1.29 is 125 Å². The molecule has 346 valence electrons. The Balaban J connectivity index is 0. The summed E-state index contributed by atoms with van der Waals surface area (Å²) in [5.41, 5.74) is 0. The van der Waals surface area contributed by atoms with Crippen LogP contribution in [0.25, 0.3) is 0 Å². The first-order chi connectivity index (χ1) is 26.9. The molecule has 3 rings (SSSR count). The molecular formula is C34H60O25.